The molecule has 2 fully saturated rings. The summed E-state index contributed by atoms with van der Waals surface area (Å²) in [6, 6.07) is 0.131. The van der Waals surface area contributed by atoms with Crippen LogP contribution < -0.4 is 5.32 Å². The number of aliphatic carboxylic acids is 1. The van der Waals surface area contributed by atoms with Crippen LogP contribution in [-0.2, 0) is 14.3 Å². The van der Waals surface area contributed by atoms with Crippen LogP contribution in [-0.4, -0.2) is 35.7 Å². The average molecular weight is 297 g/mol. The molecule has 1 saturated carbocycles. The molecule has 5 nitrogen and oxygen atoms in total. The lowest BCUT2D eigenvalue weighted by Crippen LogP contribution is -2.50. The minimum atomic E-state index is -0.844. The second-order valence-electron chi connectivity index (χ2n) is 6.34. The molecule has 1 amide bonds. The van der Waals surface area contributed by atoms with Crippen LogP contribution in [0.25, 0.3) is 0 Å². The van der Waals surface area contributed by atoms with E-state index >= 15 is 0 Å². The van der Waals surface area contributed by atoms with E-state index in [1.165, 1.54) is 0 Å². The van der Waals surface area contributed by atoms with Gasteiger partial charge in [0.1, 0.15) is 0 Å². The lowest BCUT2D eigenvalue weighted by Gasteiger charge is -2.37. The van der Waals surface area contributed by atoms with Gasteiger partial charge in [-0.25, -0.2) is 0 Å². The fourth-order valence-corrected chi connectivity index (χ4v) is 3.52. The minimum absolute atomic E-state index is 0.0798. The Morgan fingerprint density at radius 2 is 1.86 bits per heavy atom. The van der Waals surface area contributed by atoms with Gasteiger partial charge in [0.15, 0.2) is 0 Å². The number of ether oxygens (including phenoxy) is 1. The van der Waals surface area contributed by atoms with Crippen LogP contribution in [0.2, 0.25) is 0 Å². The maximum Gasteiger partial charge on any atom is 0.307 e. The molecular weight excluding hydrogens is 270 g/mol. The van der Waals surface area contributed by atoms with E-state index in [1.807, 2.05) is 0 Å². The van der Waals surface area contributed by atoms with E-state index in [0.29, 0.717) is 25.4 Å². The van der Waals surface area contributed by atoms with Crippen LogP contribution in [0.15, 0.2) is 0 Å². The number of carbonyl (C=O) groups excluding carboxylic acids is 1. The van der Waals surface area contributed by atoms with Gasteiger partial charge in [0.2, 0.25) is 5.91 Å². The van der Waals surface area contributed by atoms with Crippen molar-refractivity contribution >= 4 is 11.9 Å². The van der Waals surface area contributed by atoms with Crippen LogP contribution in [0.5, 0.6) is 0 Å². The molecule has 1 saturated heterocycles. The van der Waals surface area contributed by atoms with Crippen molar-refractivity contribution < 1.29 is 19.4 Å². The summed E-state index contributed by atoms with van der Waals surface area (Å²) in [4.78, 5) is 23.2. The zero-order valence-corrected chi connectivity index (χ0v) is 13.0. The number of carboxylic acid groups (broad SMARTS) is 1. The molecule has 4 atom stereocenters. The molecule has 0 bridgehead atoms. The fraction of sp³-hybridized carbons (Fsp3) is 0.875. The highest BCUT2D eigenvalue weighted by Crippen LogP contribution is 2.35. The summed E-state index contributed by atoms with van der Waals surface area (Å²) in [5.41, 5.74) is 0. The van der Waals surface area contributed by atoms with Gasteiger partial charge in [-0.1, -0.05) is 26.7 Å². The second kappa shape index (κ2) is 7.25. The smallest absolute Gasteiger partial charge is 0.307 e. The minimum Gasteiger partial charge on any atom is -0.481 e. The lowest BCUT2D eigenvalue weighted by molar-refractivity contribution is -0.153. The number of carbonyl (C=O) groups is 2. The molecule has 0 aromatic carbocycles. The molecule has 21 heavy (non-hydrogen) atoms. The predicted molar refractivity (Wildman–Crippen MR) is 78.8 cm³/mol. The Bertz CT molecular complexity index is 380. The maximum atomic E-state index is 12.2. The van der Waals surface area contributed by atoms with E-state index in [2.05, 4.69) is 19.2 Å². The summed E-state index contributed by atoms with van der Waals surface area (Å²) in [7, 11) is 0. The fourth-order valence-electron chi connectivity index (χ4n) is 3.52. The van der Waals surface area contributed by atoms with Crippen molar-refractivity contribution in [2.24, 2.45) is 17.8 Å². The van der Waals surface area contributed by atoms with E-state index in [9.17, 15) is 9.59 Å². The lowest BCUT2D eigenvalue weighted by atomic mass is 9.73. The van der Waals surface area contributed by atoms with E-state index in [0.717, 1.165) is 25.7 Å². The van der Waals surface area contributed by atoms with Crippen molar-refractivity contribution in [3.8, 4) is 0 Å². The van der Waals surface area contributed by atoms with Crippen molar-refractivity contribution in [2.75, 3.05) is 6.61 Å². The topological polar surface area (TPSA) is 75.6 Å². The zero-order valence-electron chi connectivity index (χ0n) is 13.0. The first-order chi connectivity index (χ1) is 10.1. The normalized spacial score (nSPS) is 32.5. The summed E-state index contributed by atoms with van der Waals surface area (Å²) in [5, 5.41) is 12.1. The Labute approximate surface area is 126 Å². The largest absolute Gasteiger partial charge is 0.481 e. The molecule has 120 valence electrons. The Kier molecular flexibility index (Phi) is 5.62. The van der Waals surface area contributed by atoms with Crippen LogP contribution in [0.4, 0.5) is 0 Å². The standard InChI is InChI=1S/C16H27NO4/c1-3-10(4-2)14-9-11(7-8-21-14)17-15(18)12-5-6-13(12)16(19)20/h10-14H,3-9H2,1-2H3,(H,17,18)(H,19,20). The molecule has 0 aromatic heterocycles. The zero-order chi connectivity index (χ0) is 15.4. The third-order valence-corrected chi connectivity index (χ3v) is 5.16. The third kappa shape index (κ3) is 3.76. The maximum absolute atomic E-state index is 12.2. The van der Waals surface area contributed by atoms with Gasteiger partial charge >= 0.3 is 5.97 Å². The van der Waals surface area contributed by atoms with Crippen LogP contribution in [0.1, 0.15) is 52.4 Å². The molecule has 0 aromatic rings. The summed E-state index contributed by atoms with van der Waals surface area (Å²) < 4.78 is 5.85. The molecule has 2 aliphatic rings. The van der Waals surface area contributed by atoms with Crippen molar-refractivity contribution in [3.63, 3.8) is 0 Å². The van der Waals surface area contributed by atoms with Gasteiger partial charge in [-0.2, -0.15) is 0 Å². The molecule has 2 rings (SSSR count). The van der Waals surface area contributed by atoms with Gasteiger partial charge in [-0.15, -0.1) is 0 Å². The van der Waals surface area contributed by atoms with Crippen LogP contribution >= 0.6 is 0 Å². The highest BCUT2D eigenvalue weighted by atomic mass is 16.5. The van der Waals surface area contributed by atoms with E-state index in [1.54, 1.807) is 0 Å². The van der Waals surface area contributed by atoms with Gasteiger partial charge in [-0.05, 0) is 31.6 Å². The summed E-state index contributed by atoms with van der Waals surface area (Å²) >= 11 is 0. The predicted octanol–water partition coefficient (Wildman–Crippen LogP) is 2.20. The highest BCUT2D eigenvalue weighted by Gasteiger charge is 2.42. The molecule has 1 heterocycles. The van der Waals surface area contributed by atoms with Crippen molar-refractivity contribution in [3.05, 3.63) is 0 Å². The molecule has 0 radical (unpaired) electrons. The Morgan fingerprint density at radius 1 is 1.19 bits per heavy atom. The van der Waals surface area contributed by atoms with Gasteiger partial charge < -0.3 is 15.2 Å². The first-order valence-corrected chi connectivity index (χ1v) is 8.21. The first kappa shape index (κ1) is 16.3. The second-order valence-corrected chi connectivity index (χ2v) is 6.34. The average Bonchev–Trinajstić information content (AvgIpc) is 2.38. The molecular formula is C16H27NO4. The van der Waals surface area contributed by atoms with Gasteiger partial charge in [-0.3, -0.25) is 9.59 Å². The van der Waals surface area contributed by atoms with E-state index < -0.39 is 11.9 Å². The summed E-state index contributed by atoms with van der Waals surface area (Å²) in [6.45, 7) is 5.02. The van der Waals surface area contributed by atoms with E-state index in [4.69, 9.17) is 9.84 Å². The van der Waals surface area contributed by atoms with Gasteiger partial charge in [0.05, 0.1) is 17.9 Å². The number of carboxylic acids is 1. The summed E-state index contributed by atoms with van der Waals surface area (Å²) in [6.07, 6.45) is 5.39. The number of hydrogen-bond acceptors (Lipinski definition) is 3. The Hall–Kier alpha value is -1.10. The molecule has 0 spiro atoms. The van der Waals surface area contributed by atoms with Crippen LogP contribution in [0, 0.1) is 17.8 Å². The number of rotatable bonds is 6. The number of amides is 1. The Balaban J connectivity index is 1.85. The van der Waals surface area contributed by atoms with Gasteiger partial charge in [0, 0.05) is 12.6 Å². The molecule has 4 unspecified atom stereocenters. The number of hydrogen-bond donors (Lipinski definition) is 2. The molecule has 2 N–H and O–H groups in total. The third-order valence-electron chi connectivity index (χ3n) is 5.16. The van der Waals surface area contributed by atoms with Gasteiger partial charge in [0.25, 0.3) is 0 Å². The molecule has 1 aliphatic carbocycles. The quantitative estimate of drug-likeness (QED) is 0.788. The van der Waals surface area contributed by atoms with Crippen LogP contribution in [0.3, 0.4) is 0 Å². The molecule has 1 aliphatic heterocycles. The SMILES string of the molecule is CCC(CC)C1CC(NC(=O)C2CCC2C(=O)O)CCO1. The van der Waals surface area contributed by atoms with E-state index in [-0.39, 0.29) is 24.0 Å². The highest BCUT2D eigenvalue weighted by molar-refractivity contribution is 5.86. The monoisotopic (exact) mass is 297 g/mol. The summed E-state index contributed by atoms with van der Waals surface area (Å²) in [5.74, 6) is -1.20. The van der Waals surface area contributed by atoms with Crippen molar-refractivity contribution in [2.45, 2.75) is 64.5 Å². The van der Waals surface area contributed by atoms with Crippen molar-refractivity contribution in [1.82, 2.24) is 5.32 Å². The number of nitrogens with one attached hydrogen (secondary N) is 1. The first-order valence-electron chi connectivity index (χ1n) is 8.21. The van der Waals surface area contributed by atoms with Crippen molar-refractivity contribution in [1.29, 1.82) is 0 Å². The Morgan fingerprint density at radius 3 is 2.38 bits per heavy atom. The molecule has 5 heteroatoms.